The maximum Gasteiger partial charge on any atom is 0.246 e. The summed E-state index contributed by atoms with van der Waals surface area (Å²) < 4.78 is 7.17. The van der Waals surface area contributed by atoms with E-state index in [1.807, 2.05) is 25.6 Å². The molecule has 1 N–H and O–H groups in total. The quantitative estimate of drug-likeness (QED) is 0.830. The van der Waals surface area contributed by atoms with E-state index in [4.69, 9.17) is 4.74 Å². The van der Waals surface area contributed by atoms with Gasteiger partial charge in [-0.05, 0) is 32.6 Å². The molecule has 1 heterocycles. The molecular weight excluding hydrogens is 230 g/mol. The van der Waals surface area contributed by atoms with E-state index in [0.29, 0.717) is 12.5 Å². The van der Waals surface area contributed by atoms with E-state index >= 15 is 0 Å². The highest BCUT2D eigenvalue weighted by Gasteiger charge is 2.22. The molecule has 0 saturated heterocycles. The summed E-state index contributed by atoms with van der Waals surface area (Å²) in [4.78, 5) is 11.7. The second-order valence-electron chi connectivity index (χ2n) is 5.06. The minimum absolute atomic E-state index is 0.0317. The van der Waals surface area contributed by atoms with Gasteiger partial charge in [0.1, 0.15) is 6.61 Å². The third kappa shape index (κ3) is 3.32. The number of carbonyl (C=O) groups excluding carboxylic acids is 1. The lowest BCUT2D eigenvalue weighted by atomic mass is 10.1. The summed E-state index contributed by atoms with van der Waals surface area (Å²) in [6.45, 7) is 4.82. The Kier molecular flexibility index (Phi) is 4.01. The average molecular weight is 251 g/mol. The molecule has 100 valence electrons. The van der Waals surface area contributed by atoms with Crippen molar-refractivity contribution in [2.24, 2.45) is 13.0 Å². The number of rotatable bonds is 6. The monoisotopic (exact) mass is 251 g/mol. The number of amides is 1. The first kappa shape index (κ1) is 13.1. The molecule has 0 bridgehead atoms. The Morgan fingerprint density at radius 2 is 2.39 bits per heavy atom. The molecule has 0 radical (unpaired) electrons. The molecule has 0 spiro atoms. The summed E-state index contributed by atoms with van der Waals surface area (Å²) in [5.41, 5.74) is 2.12. The van der Waals surface area contributed by atoms with Crippen molar-refractivity contribution < 1.29 is 9.53 Å². The lowest BCUT2D eigenvalue weighted by molar-refractivity contribution is -0.126. The van der Waals surface area contributed by atoms with Crippen molar-refractivity contribution >= 4 is 5.91 Å². The lowest BCUT2D eigenvalue weighted by Gasteiger charge is -2.13. The largest absolute Gasteiger partial charge is 0.371 e. The number of hydrogen-bond acceptors (Lipinski definition) is 3. The average Bonchev–Trinajstić information content (AvgIpc) is 3.07. The van der Waals surface area contributed by atoms with Crippen LogP contribution in [0.4, 0.5) is 0 Å². The van der Waals surface area contributed by atoms with Gasteiger partial charge in [-0.15, -0.1) is 0 Å². The Labute approximate surface area is 108 Å². The third-order valence-corrected chi connectivity index (χ3v) is 3.40. The second-order valence-corrected chi connectivity index (χ2v) is 5.06. The number of hydrogen-bond donors (Lipinski definition) is 1. The van der Waals surface area contributed by atoms with Crippen LogP contribution in [0.15, 0.2) is 6.20 Å². The maximum absolute atomic E-state index is 11.7. The summed E-state index contributed by atoms with van der Waals surface area (Å²) in [5.74, 6) is 0.627. The van der Waals surface area contributed by atoms with Gasteiger partial charge in [0.25, 0.3) is 0 Å². The van der Waals surface area contributed by atoms with Crippen LogP contribution in [0.25, 0.3) is 0 Å². The summed E-state index contributed by atoms with van der Waals surface area (Å²) in [6.07, 6.45) is 4.28. The Bertz CT molecular complexity index is 424. The summed E-state index contributed by atoms with van der Waals surface area (Å²) >= 11 is 0. The fourth-order valence-corrected chi connectivity index (χ4v) is 1.90. The standard InChI is InChI=1S/C13H21N3O2/c1-9(12-6-14-16(3)10(12)2)15-13(17)8-18-7-11-4-5-11/h6,9,11H,4-5,7-8H2,1-3H3,(H,15,17)/t9-/m0/s1. The van der Waals surface area contributed by atoms with Crippen molar-refractivity contribution in [3.05, 3.63) is 17.5 Å². The zero-order valence-electron chi connectivity index (χ0n) is 11.3. The van der Waals surface area contributed by atoms with Crippen molar-refractivity contribution in [2.75, 3.05) is 13.2 Å². The van der Waals surface area contributed by atoms with E-state index in [1.165, 1.54) is 12.8 Å². The van der Waals surface area contributed by atoms with Crippen LogP contribution >= 0.6 is 0 Å². The molecule has 18 heavy (non-hydrogen) atoms. The highest BCUT2D eigenvalue weighted by Crippen LogP contribution is 2.28. The van der Waals surface area contributed by atoms with Crippen LogP contribution in [-0.2, 0) is 16.6 Å². The predicted octanol–water partition coefficient (Wildman–Crippen LogP) is 1.33. The number of nitrogens with zero attached hydrogens (tertiary/aromatic N) is 2. The molecule has 5 heteroatoms. The van der Waals surface area contributed by atoms with Crippen LogP contribution in [0.3, 0.4) is 0 Å². The highest BCUT2D eigenvalue weighted by molar-refractivity contribution is 5.77. The molecule has 1 atom stereocenters. The Morgan fingerprint density at radius 1 is 1.67 bits per heavy atom. The van der Waals surface area contributed by atoms with Crippen LogP contribution in [0.1, 0.15) is 37.1 Å². The Balaban J connectivity index is 1.76. The Morgan fingerprint density at radius 3 is 2.94 bits per heavy atom. The highest BCUT2D eigenvalue weighted by atomic mass is 16.5. The van der Waals surface area contributed by atoms with Crippen LogP contribution < -0.4 is 5.32 Å². The smallest absolute Gasteiger partial charge is 0.246 e. The molecule has 0 aromatic carbocycles. The van der Waals surface area contributed by atoms with Gasteiger partial charge < -0.3 is 10.1 Å². The molecule has 1 fully saturated rings. The number of aromatic nitrogens is 2. The molecule has 1 aromatic heterocycles. The van der Waals surface area contributed by atoms with E-state index in [9.17, 15) is 4.79 Å². The van der Waals surface area contributed by atoms with Gasteiger partial charge in [-0.1, -0.05) is 0 Å². The molecule has 5 nitrogen and oxygen atoms in total. The van der Waals surface area contributed by atoms with Crippen LogP contribution in [0.5, 0.6) is 0 Å². The molecule has 1 amide bonds. The molecule has 1 aliphatic carbocycles. The Hall–Kier alpha value is -1.36. The van der Waals surface area contributed by atoms with Crippen molar-refractivity contribution in [1.82, 2.24) is 15.1 Å². The first-order chi connectivity index (χ1) is 8.58. The first-order valence-electron chi connectivity index (χ1n) is 6.43. The first-order valence-corrected chi connectivity index (χ1v) is 6.43. The van der Waals surface area contributed by atoms with Gasteiger partial charge in [0, 0.05) is 18.3 Å². The summed E-state index contributed by atoms with van der Waals surface area (Å²) in [6, 6.07) is -0.0317. The van der Waals surface area contributed by atoms with Gasteiger partial charge in [0.2, 0.25) is 5.91 Å². The normalized spacial score (nSPS) is 16.6. The van der Waals surface area contributed by atoms with Gasteiger partial charge in [-0.25, -0.2) is 0 Å². The fourth-order valence-electron chi connectivity index (χ4n) is 1.90. The van der Waals surface area contributed by atoms with Gasteiger partial charge in [0.05, 0.1) is 18.8 Å². The van der Waals surface area contributed by atoms with E-state index < -0.39 is 0 Å². The van der Waals surface area contributed by atoms with Crippen molar-refractivity contribution in [3.63, 3.8) is 0 Å². The van der Waals surface area contributed by atoms with Gasteiger partial charge in [-0.3, -0.25) is 9.48 Å². The van der Waals surface area contributed by atoms with Crippen LogP contribution in [-0.4, -0.2) is 28.9 Å². The number of nitrogens with one attached hydrogen (secondary N) is 1. The molecule has 0 aliphatic heterocycles. The number of ether oxygens (including phenoxy) is 1. The SMILES string of the molecule is Cc1c([C@H](C)NC(=O)COCC2CC2)cnn1C. The minimum Gasteiger partial charge on any atom is -0.371 e. The molecule has 0 unspecified atom stereocenters. The van der Waals surface area contributed by atoms with E-state index in [1.54, 1.807) is 6.20 Å². The number of aryl methyl sites for hydroxylation is 1. The fraction of sp³-hybridized carbons (Fsp3) is 0.692. The van der Waals surface area contributed by atoms with E-state index in [2.05, 4.69) is 10.4 Å². The zero-order chi connectivity index (χ0) is 13.1. The zero-order valence-corrected chi connectivity index (χ0v) is 11.3. The van der Waals surface area contributed by atoms with Crippen molar-refractivity contribution in [2.45, 2.75) is 32.7 Å². The molecule has 1 aliphatic rings. The molecular formula is C13H21N3O2. The lowest BCUT2D eigenvalue weighted by Crippen LogP contribution is -2.30. The summed E-state index contributed by atoms with van der Waals surface area (Å²) in [7, 11) is 1.89. The van der Waals surface area contributed by atoms with Gasteiger partial charge in [-0.2, -0.15) is 5.10 Å². The van der Waals surface area contributed by atoms with Crippen molar-refractivity contribution in [3.8, 4) is 0 Å². The number of carbonyl (C=O) groups is 1. The second kappa shape index (κ2) is 5.52. The van der Waals surface area contributed by atoms with Crippen LogP contribution in [0.2, 0.25) is 0 Å². The molecule has 1 saturated carbocycles. The van der Waals surface area contributed by atoms with E-state index in [-0.39, 0.29) is 18.6 Å². The topological polar surface area (TPSA) is 56.1 Å². The third-order valence-electron chi connectivity index (χ3n) is 3.40. The molecule has 2 rings (SSSR count). The predicted molar refractivity (Wildman–Crippen MR) is 68.0 cm³/mol. The maximum atomic E-state index is 11.7. The molecule has 1 aromatic rings. The van der Waals surface area contributed by atoms with Gasteiger partial charge in [0.15, 0.2) is 0 Å². The summed E-state index contributed by atoms with van der Waals surface area (Å²) in [5, 5.41) is 7.10. The van der Waals surface area contributed by atoms with Gasteiger partial charge >= 0.3 is 0 Å². The van der Waals surface area contributed by atoms with Crippen molar-refractivity contribution in [1.29, 1.82) is 0 Å². The van der Waals surface area contributed by atoms with Crippen LogP contribution in [0, 0.1) is 12.8 Å². The minimum atomic E-state index is -0.0635. The van der Waals surface area contributed by atoms with E-state index in [0.717, 1.165) is 11.3 Å².